The van der Waals surface area contributed by atoms with Gasteiger partial charge in [-0.25, -0.2) is 14.6 Å². The molecule has 3 heterocycles. The Morgan fingerprint density at radius 3 is 2.55 bits per heavy atom. The molecule has 29 heavy (non-hydrogen) atoms. The van der Waals surface area contributed by atoms with Gasteiger partial charge in [-0.2, -0.15) is 0 Å². The Labute approximate surface area is 172 Å². The highest BCUT2D eigenvalue weighted by Gasteiger charge is 2.50. The predicted molar refractivity (Wildman–Crippen MR) is 107 cm³/mol. The van der Waals surface area contributed by atoms with Crippen molar-refractivity contribution in [2.75, 3.05) is 25.2 Å². The van der Waals surface area contributed by atoms with Crippen molar-refractivity contribution in [1.82, 2.24) is 4.90 Å². The van der Waals surface area contributed by atoms with Gasteiger partial charge in [-0.15, -0.1) is 11.3 Å². The number of ether oxygens (including phenoxy) is 1. The Balaban J connectivity index is 1.39. The molecule has 2 fully saturated rings. The van der Waals surface area contributed by atoms with Gasteiger partial charge in [0.15, 0.2) is 6.67 Å². The number of hydrogen-bond acceptors (Lipinski definition) is 5. The second kappa shape index (κ2) is 6.96. The van der Waals surface area contributed by atoms with E-state index >= 15 is 0 Å². The van der Waals surface area contributed by atoms with E-state index in [4.69, 9.17) is 4.74 Å². The molecule has 150 valence electrons. The monoisotopic (exact) mass is 412 g/mol. The molecule has 1 unspecified atom stereocenters. The number of methoxy groups -OCH3 is 1. The number of amides is 4. The zero-order valence-corrected chi connectivity index (χ0v) is 16.9. The number of rotatable bonds is 5. The fourth-order valence-electron chi connectivity index (χ4n) is 4.48. The summed E-state index contributed by atoms with van der Waals surface area (Å²) in [5, 5.41) is 2.13. The molecule has 1 aromatic heterocycles. The van der Waals surface area contributed by atoms with E-state index in [2.05, 4.69) is 11.4 Å². The maximum absolute atomic E-state index is 13.0. The van der Waals surface area contributed by atoms with Gasteiger partial charge in [0.25, 0.3) is 0 Å². The van der Waals surface area contributed by atoms with Gasteiger partial charge in [-0.3, -0.25) is 9.59 Å². The minimum Gasteiger partial charge on any atom is -0.497 e. The van der Waals surface area contributed by atoms with Crippen molar-refractivity contribution in [3.8, 4) is 5.75 Å². The number of carbonyl (C=O) groups excluding carboxylic acids is 3. The molecule has 7 nitrogen and oxygen atoms in total. The topological polar surface area (TPSA) is 71.4 Å². The van der Waals surface area contributed by atoms with Gasteiger partial charge in [0.05, 0.1) is 19.3 Å². The third kappa shape index (κ3) is 3.03. The van der Waals surface area contributed by atoms with E-state index in [0.717, 1.165) is 22.8 Å². The number of fused-ring (bicyclic) bond motifs is 1. The number of imide groups is 2. The van der Waals surface area contributed by atoms with Crippen LogP contribution in [0.2, 0.25) is 0 Å². The van der Waals surface area contributed by atoms with Gasteiger partial charge in [0.2, 0.25) is 0 Å². The molecule has 1 saturated heterocycles. The minimum atomic E-state index is -0.796. The molecule has 1 aliphatic carbocycles. The van der Waals surface area contributed by atoms with Crippen molar-refractivity contribution in [3.05, 3.63) is 46.2 Å². The van der Waals surface area contributed by atoms with Gasteiger partial charge in [-0.1, -0.05) is 0 Å². The summed E-state index contributed by atoms with van der Waals surface area (Å²) in [4.78, 5) is 43.0. The Kier molecular flexibility index (Phi) is 4.40. The minimum absolute atomic E-state index is 0.229. The maximum atomic E-state index is 13.0. The molecule has 1 saturated carbocycles. The van der Waals surface area contributed by atoms with Gasteiger partial charge >= 0.3 is 17.8 Å². The highest BCUT2D eigenvalue weighted by molar-refractivity contribution is 7.10. The highest BCUT2D eigenvalue weighted by Crippen LogP contribution is 2.42. The smallest absolute Gasteiger partial charge is 0.343 e. The first kappa shape index (κ1) is 18.3. The standard InChI is InChI=1S/C21H21N3O4S/c1-28-15-6-4-14(5-7-15)24-20(26)19(25)23(21(24)27)12-22-10-8-17-16(9-11-29-17)18(22)13-2-3-13/h4-7,9,11,13,18H,2-3,8,10,12H2,1H3/p+1/t18-/m0/s1. The molecule has 1 aromatic carbocycles. The van der Waals surface area contributed by atoms with Crippen molar-refractivity contribution in [2.45, 2.75) is 25.3 Å². The van der Waals surface area contributed by atoms with Crippen molar-refractivity contribution in [3.63, 3.8) is 0 Å². The molecule has 8 heteroatoms. The van der Waals surface area contributed by atoms with Gasteiger partial charge < -0.3 is 9.64 Å². The van der Waals surface area contributed by atoms with Crippen LogP contribution in [0.3, 0.4) is 0 Å². The molecule has 0 radical (unpaired) electrons. The molecule has 2 aliphatic heterocycles. The lowest BCUT2D eigenvalue weighted by Crippen LogP contribution is -3.15. The summed E-state index contributed by atoms with van der Waals surface area (Å²) in [6.07, 6.45) is 3.31. The molecule has 1 N–H and O–H groups in total. The van der Waals surface area contributed by atoms with Crippen molar-refractivity contribution in [1.29, 1.82) is 0 Å². The van der Waals surface area contributed by atoms with Crippen LogP contribution < -0.4 is 14.5 Å². The van der Waals surface area contributed by atoms with E-state index in [9.17, 15) is 14.4 Å². The first-order valence-electron chi connectivity index (χ1n) is 9.83. The van der Waals surface area contributed by atoms with Gasteiger partial charge in [-0.05, 0) is 48.6 Å². The highest BCUT2D eigenvalue weighted by atomic mass is 32.1. The fourth-order valence-corrected chi connectivity index (χ4v) is 5.41. The molecular formula is C21H22N3O4S+. The third-order valence-corrected chi connectivity index (χ3v) is 7.06. The average molecular weight is 412 g/mol. The predicted octanol–water partition coefficient (Wildman–Crippen LogP) is 1.60. The molecule has 4 amide bonds. The summed E-state index contributed by atoms with van der Waals surface area (Å²) < 4.78 is 5.12. The molecular weight excluding hydrogens is 390 g/mol. The van der Waals surface area contributed by atoms with E-state index in [1.807, 2.05) is 0 Å². The van der Waals surface area contributed by atoms with Crippen LogP contribution >= 0.6 is 11.3 Å². The van der Waals surface area contributed by atoms with Crippen molar-refractivity contribution < 1.29 is 24.0 Å². The first-order chi connectivity index (χ1) is 14.1. The Morgan fingerprint density at radius 1 is 1.10 bits per heavy atom. The lowest BCUT2D eigenvalue weighted by Gasteiger charge is -2.34. The van der Waals surface area contributed by atoms with E-state index in [1.165, 1.54) is 28.2 Å². The second-order valence-corrected chi connectivity index (χ2v) is 8.79. The maximum Gasteiger partial charge on any atom is 0.343 e. The van der Waals surface area contributed by atoms with E-state index in [0.29, 0.717) is 23.4 Å². The summed E-state index contributed by atoms with van der Waals surface area (Å²) in [6.45, 7) is 1.09. The van der Waals surface area contributed by atoms with Crippen molar-refractivity contribution in [2.24, 2.45) is 5.92 Å². The number of thiophene rings is 1. The molecule has 0 bridgehead atoms. The number of quaternary nitrogens is 1. The second-order valence-electron chi connectivity index (χ2n) is 7.78. The Morgan fingerprint density at radius 2 is 1.86 bits per heavy atom. The van der Waals surface area contributed by atoms with Crippen LogP contribution in [0.1, 0.15) is 29.3 Å². The third-order valence-electron chi connectivity index (χ3n) is 6.07. The van der Waals surface area contributed by atoms with Crippen molar-refractivity contribution >= 4 is 34.9 Å². The zero-order chi connectivity index (χ0) is 20.1. The number of anilines is 1. The molecule has 5 rings (SSSR count). The van der Waals surface area contributed by atoms with Crippen LogP contribution in [-0.4, -0.2) is 43.1 Å². The molecule has 0 spiro atoms. The van der Waals surface area contributed by atoms with Crippen LogP contribution in [0.5, 0.6) is 5.75 Å². The lowest BCUT2D eigenvalue weighted by atomic mass is 9.96. The number of urea groups is 1. The lowest BCUT2D eigenvalue weighted by molar-refractivity contribution is -0.943. The Hall–Kier alpha value is -2.71. The Bertz CT molecular complexity index is 982. The number of nitrogens with one attached hydrogen (secondary N) is 1. The normalized spacial score (nSPS) is 24.2. The number of benzene rings is 1. The number of carbonyl (C=O) groups is 3. The van der Waals surface area contributed by atoms with Crippen LogP contribution in [0.4, 0.5) is 10.5 Å². The quantitative estimate of drug-likeness (QED) is 0.598. The van der Waals surface area contributed by atoms with Crippen LogP contribution in [0, 0.1) is 5.92 Å². The van der Waals surface area contributed by atoms with E-state index in [-0.39, 0.29) is 6.67 Å². The summed E-state index contributed by atoms with van der Waals surface area (Å²) in [7, 11) is 1.54. The van der Waals surface area contributed by atoms with E-state index in [1.54, 1.807) is 42.7 Å². The zero-order valence-electron chi connectivity index (χ0n) is 16.1. The summed E-state index contributed by atoms with van der Waals surface area (Å²) in [5.74, 6) is -0.327. The van der Waals surface area contributed by atoms with Crippen LogP contribution in [0.25, 0.3) is 0 Å². The van der Waals surface area contributed by atoms with Crippen LogP contribution in [-0.2, 0) is 16.0 Å². The summed E-state index contributed by atoms with van der Waals surface area (Å²) in [6, 6.07) is 8.48. The number of hydrogen-bond donors (Lipinski definition) is 1. The first-order valence-corrected chi connectivity index (χ1v) is 10.7. The molecule has 2 aromatic rings. The summed E-state index contributed by atoms with van der Waals surface area (Å²) in [5.41, 5.74) is 1.74. The van der Waals surface area contributed by atoms with Gasteiger partial charge in [0.1, 0.15) is 11.8 Å². The fraction of sp³-hybridized carbons (Fsp3) is 0.381. The van der Waals surface area contributed by atoms with E-state index < -0.39 is 17.8 Å². The summed E-state index contributed by atoms with van der Waals surface area (Å²) >= 11 is 1.79. The average Bonchev–Trinajstić information content (AvgIpc) is 3.42. The molecule has 3 aliphatic rings. The molecule has 2 atom stereocenters. The largest absolute Gasteiger partial charge is 0.497 e. The number of nitrogens with zero attached hydrogens (tertiary/aromatic N) is 2. The van der Waals surface area contributed by atoms with Gasteiger partial charge in [0, 0.05) is 22.8 Å². The van der Waals surface area contributed by atoms with Crippen LogP contribution in [0.15, 0.2) is 35.7 Å². The SMILES string of the molecule is COc1ccc(N2C(=O)C(=O)N(C[NH+]3CCc4sccc4[C@@H]3C3CC3)C2=O)cc1.